The Kier molecular flexibility index (Phi) is 4.40. The average Bonchev–Trinajstić information content (AvgIpc) is 3.09. The van der Waals surface area contributed by atoms with Crippen LogP contribution in [0.5, 0.6) is 11.5 Å². The van der Waals surface area contributed by atoms with E-state index in [0.29, 0.717) is 22.8 Å². The van der Waals surface area contributed by atoms with Crippen molar-refractivity contribution in [1.29, 1.82) is 0 Å². The summed E-state index contributed by atoms with van der Waals surface area (Å²) in [5.74, 6) is 0.891. The summed E-state index contributed by atoms with van der Waals surface area (Å²) in [6, 6.07) is 5.70. The summed E-state index contributed by atoms with van der Waals surface area (Å²) in [6.07, 6.45) is 1.20. The number of fused-ring (bicyclic) bond motifs is 1. The van der Waals surface area contributed by atoms with E-state index in [1.54, 1.807) is 13.0 Å². The number of hydrogen-bond donors (Lipinski definition) is 0. The van der Waals surface area contributed by atoms with Gasteiger partial charge in [-0.25, -0.2) is 4.98 Å². The summed E-state index contributed by atoms with van der Waals surface area (Å²) in [7, 11) is 2.95. The first-order valence-corrected chi connectivity index (χ1v) is 7.38. The van der Waals surface area contributed by atoms with E-state index in [-0.39, 0.29) is 11.1 Å². The number of nitrogens with zero attached hydrogens (tertiary/aromatic N) is 4. The van der Waals surface area contributed by atoms with Crippen LogP contribution in [0.4, 0.5) is 5.88 Å². The lowest BCUT2D eigenvalue weighted by Crippen LogP contribution is -2.20. The molecule has 26 heavy (non-hydrogen) atoms. The summed E-state index contributed by atoms with van der Waals surface area (Å²) in [5, 5.41) is 14.9. The van der Waals surface area contributed by atoms with E-state index in [0.717, 1.165) is 4.68 Å². The molecule has 0 spiro atoms. The Bertz CT molecular complexity index is 1080. The largest absolute Gasteiger partial charge is 0.493 e. The Morgan fingerprint density at radius 3 is 2.58 bits per heavy atom. The number of aryl methyl sites for hydroxylation is 1. The Balaban J connectivity index is 2.09. The highest BCUT2D eigenvalue weighted by molar-refractivity contribution is 5.82. The van der Waals surface area contributed by atoms with Gasteiger partial charge in [0.05, 0.1) is 37.4 Å². The van der Waals surface area contributed by atoms with Crippen LogP contribution in [0.2, 0.25) is 0 Å². The van der Waals surface area contributed by atoms with Crippen LogP contribution in [0.1, 0.15) is 11.6 Å². The molecule has 0 atom stereocenters. The number of methoxy groups -OCH3 is 2. The third kappa shape index (κ3) is 2.99. The van der Waals surface area contributed by atoms with E-state index in [1.807, 2.05) is 0 Å². The van der Waals surface area contributed by atoms with E-state index in [9.17, 15) is 14.9 Å². The molecule has 0 bridgehead atoms. The van der Waals surface area contributed by atoms with Gasteiger partial charge in [0.15, 0.2) is 17.3 Å². The first-order chi connectivity index (χ1) is 12.4. The molecule has 0 saturated carbocycles. The molecule has 0 fully saturated rings. The van der Waals surface area contributed by atoms with Gasteiger partial charge in [-0.3, -0.25) is 14.9 Å². The molecule has 134 valence electrons. The SMILES string of the molecule is COc1cc2nc(C)n(N=Cc3ccc([N+](=O)[O-])o3)c(=O)c2cc1OC. The number of aromatic nitrogens is 2. The van der Waals surface area contributed by atoms with Crippen LogP contribution in [0.3, 0.4) is 0 Å². The van der Waals surface area contributed by atoms with Gasteiger partial charge < -0.3 is 13.9 Å². The Morgan fingerprint density at radius 1 is 1.27 bits per heavy atom. The van der Waals surface area contributed by atoms with Crippen molar-refractivity contribution in [3.63, 3.8) is 0 Å². The lowest BCUT2D eigenvalue weighted by molar-refractivity contribution is -0.402. The Labute approximate surface area is 146 Å². The maximum Gasteiger partial charge on any atom is 0.433 e. The van der Waals surface area contributed by atoms with Crippen molar-refractivity contribution < 1.29 is 18.8 Å². The molecule has 0 aliphatic carbocycles. The van der Waals surface area contributed by atoms with Crippen LogP contribution < -0.4 is 15.0 Å². The van der Waals surface area contributed by atoms with Gasteiger partial charge >= 0.3 is 5.88 Å². The molecule has 10 heteroatoms. The van der Waals surface area contributed by atoms with Crippen LogP contribution in [0.25, 0.3) is 10.9 Å². The molecular weight excluding hydrogens is 344 g/mol. The van der Waals surface area contributed by atoms with Gasteiger partial charge in [-0.2, -0.15) is 9.78 Å². The number of nitro groups is 1. The molecule has 2 heterocycles. The van der Waals surface area contributed by atoms with Crippen LogP contribution in [-0.4, -0.2) is 35.0 Å². The fraction of sp³-hybridized carbons (Fsp3) is 0.188. The minimum Gasteiger partial charge on any atom is -0.493 e. The summed E-state index contributed by atoms with van der Waals surface area (Å²) in [6.45, 7) is 1.61. The molecule has 0 radical (unpaired) electrons. The number of hydrogen-bond acceptors (Lipinski definition) is 8. The lowest BCUT2D eigenvalue weighted by Gasteiger charge is -2.10. The van der Waals surface area contributed by atoms with Crippen molar-refractivity contribution in [2.75, 3.05) is 14.2 Å². The molecule has 0 N–H and O–H groups in total. The molecule has 0 aliphatic heterocycles. The zero-order chi connectivity index (χ0) is 18.8. The fourth-order valence-electron chi connectivity index (χ4n) is 2.38. The minimum absolute atomic E-state index is 0.135. The maximum atomic E-state index is 12.7. The smallest absolute Gasteiger partial charge is 0.433 e. The van der Waals surface area contributed by atoms with E-state index in [1.165, 1.54) is 38.6 Å². The van der Waals surface area contributed by atoms with Crippen molar-refractivity contribution in [3.8, 4) is 11.5 Å². The van der Waals surface area contributed by atoms with Gasteiger partial charge in [0.1, 0.15) is 10.7 Å². The quantitative estimate of drug-likeness (QED) is 0.389. The van der Waals surface area contributed by atoms with Crippen molar-refractivity contribution in [2.45, 2.75) is 6.92 Å². The van der Waals surface area contributed by atoms with E-state index in [4.69, 9.17) is 13.9 Å². The zero-order valence-electron chi connectivity index (χ0n) is 14.1. The van der Waals surface area contributed by atoms with Crippen molar-refractivity contribution in [2.24, 2.45) is 5.10 Å². The molecule has 0 amide bonds. The van der Waals surface area contributed by atoms with Crippen molar-refractivity contribution >= 4 is 23.0 Å². The van der Waals surface area contributed by atoms with Crippen LogP contribution in [-0.2, 0) is 0 Å². The predicted octanol–water partition coefficient (Wildman–Crippen LogP) is 2.11. The summed E-state index contributed by atoms with van der Waals surface area (Å²) < 4.78 is 16.5. The van der Waals surface area contributed by atoms with Crippen LogP contribution in [0.15, 0.2) is 38.6 Å². The van der Waals surface area contributed by atoms with E-state index < -0.39 is 16.4 Å². The average molecular weight is 358 g/mol. The second kappa shape index (κ2) is 6.67. The second-order valence-electron chi connectivity index (χ2n) is 5.18. The van der Waals surface area contributed by atoms with Gasteiger partial charge in [0.2, 0.25) is 0 Å². The van der Waals surface area contributed by atoms with Gasteiger partial charge in [0, 0.05) is 6.07 Å². The van der Waals surface area contributed by atoms with Gasteiger partial charge in [0.25, 0.3) is 5.56 Å². The van der Waals surface area contributed by atoms with E-state index >= 15 is 0 Å². The normalized spacial score (nSPS) is 11.2. The summed E-state index contributed by atoms with van der Waals surface area (Å²) in [5.41, 5.74) is 0.0102. The van der Waals surface area contributed by atoms with Crippen molar-refractivity contribution in [1.82, 2.24) is 9.66 Å². The lowest BCUT2D eigenvalue weighted by atomic mass is 10.2. The highest BCUT2D eigenvalue weighted by Gasteiger charge is 2.14. The number of furan rings is 1. The molecule has 10 nitrogen and oxygen atoms in total. The minimum atomic E-state index is -0.661. The number of rotatable bonds is 5. The number of ether oxygens (including phenoxy) is 2. The Morgan fingerprint density at radius 2 is 1.96 bits per heavy atom. The monoisotopic (exact) mass is 358 g/mol. The molecule has 0 unspecified atom stereocenters. The van der Waals surface area contributed by atoms with Crippen LogP contribution in [0, 0.1) is 17.0 Å². The molecule has 0 aliphatic rings. The molecular formula is C16H14N4O6. The van der Waals surface area contributed by atoms with E-state index in [2.05, 4.69) is 10.1 Å². The topological polar surface area (TPSA) is 122 Å². The Hall–Kier alpha value is -3.69. The number of benzene rings is 1. The molecule has 3 rings (SSSR count). The maximum absolute atomic E-state index is 12.7. The molecule has 3 aromatic rings. The second-order valence-corrected chi connectivity index (χ2v) is 5.18. The molecule has 2 aromatic heterocycles. The summed E-state index contributed by atoms with van der Waals surface area (Å²) >= 11 is 0. The van der Waals surface area contributed by atoms with Gasteiger partial charge in [-0.15, -0.1) is 0 Å². The summed E-state index contributed by atoms with van der Waals surface area (Å²) in [4.78, 5) is 27.0. The molecule has 1 aromatic carbocycles. The predicted molar refractivity (Wildman–Crippen MR) is 92.2 cm³/mol. The standard InChI is InChI=1S/C16H14N4O6/c1-9-18-12-7-14(25-3)13(24-2)6-11(12)16(21)19(9)17-8-10-4-5-15(26-10)20(22)23/h4-8H,1-3H3. The zero-order valence-corrected chi connectivity index (χ0v) is 14.1. The van der Waals surface area contributed by atoms with Crippen molar-refractivity contribution in [3.05, 3.63) is 56.3 Å². The fourth-order valence-corrected chi connectivity index (χ4v) is 2.38. The van der Waals surface area contributed by atoms with Gasteiger partial charge in [-0.1, -0.05) is 0 Å². The molecule has 0 saturated heterocycles. The highest BCUT2D eigenvalue weighted by atomic mass is 16.6. The first-order valence-electron chi connectivity index (χ1n) is 7.38. The third-order valence-corrected chi connectivity index (χ3v) is 3.61. The third-order valence-electron chi connectivity index (χ3n) is 3.61. The van der Waals surface area contributed by atoms with Crippen LogP contribution >= 0.6 is 0 Å². The first kappa shape index (κ1) is 17.1. The van der Waals surface area contributed by atoms with Gasteiger partial charge in [-0.05, 0) is 19.1 Å². The highest BCUT2D eigenvalue weighted by Crippen LogP contribution is 2.30.